The van der Waals surface area contributed by atoms with Crippen LogP contribution in [0.5, 0.6) is 0 Å². The Bertz CT molecular complexity index is 1010. The zero-order chi connectivity index (χ0) is 19.4. The fraction of sp³-hybridized carbons (Fsp3) is 0.316. The first kappa shape index (κ1) is 19.5. The van der Waals surface area contributed by atoms with Crippen LogP contribution in [-0.4, -0.2) is 36.0 Å². The molecule has 3 rings (SSSR count). The molecule has 3 aromatic rings. The summed E-state index contributed by atoms with van der Waals surface area (Å²) in [7, 11) is 1.90. The van der Waals surface area contributed by atoms with Gasteiger partial charge in [-0.15, -0.1) is 11.3 Å². The second-order valence-corrected chi connectivity index (χ2v) is 7.75. The molecule has 6 nitrogen and oxygen atoms in total. The number of rotatable bonds is 7. The van der Waals surface area contributed by atoms with Gasteiger partial charge in [0.25, 0.3) is 11.5 Å². The summed E-state index contributed by atoms with van der Waals surface area (Å²) in [6.45, 7) is 3.48. The highest BCUT2D eigenvalue weighted by Gasteiger charge is 2.17. The largest absolute Gasteiger partial charge is 0.351 e. The van der Waals surface area contributed by atoms with E-state index in [0.717, 1.165) is 22.4 Å². The highest BCUT2D eigenvalue weighted by Crippen LogP contribution is 2.34. The van der Waals surface area contributed by atoms with Crippen molar-refractivity contribution in [3.05, 3.63) is 50.8 Å². The van der Waals surface area contributed by atoms with Crippen molar-refractivity contribution >= 4 is 39.1 Å². The van der Waals surface area contributed by atoms with Crippen LogP contribution in [0, 0.1) is 0 Å². The fourth-order valence-corrected chi connectivity index (χ4v) is 4.10. The van der Waals surface area contributed by atoms with Crippen molar-refractivity contribution in [2.75, 3.05) is 20.1 Å². The molecule has 0 aliphatic rings. The topological polar surface area (TPSA) is 79.3 Å². The van der Waals surface area contributed by atoms with Crippen molar-refractivity contribution in [3.8, 4) is 11.1 Å². The minimum absolute atomic E-state index is 0.00472. The van der Waals surface area contributed by atoms with E-state index < -0.39 is 0 Å². The molecular formula is C19H22ClN4O2S+. The van der Waals surface area contributed by atoms with Gasteiger partial charge < -0.3 is 15.2 Å². The summed E-state index contributed by atoms with van der Waals surface area (Å²) < 4.78 is 0. The zero-order valence-corrected chi connectivity index (χ0v) is 16.8. The van der Waals surface area contributed by atoms with E-state index in [9.17, 15) is 9.59 Å². The number of carbonyl (C=O) groups excluding carboxylic acids is 1. The van der Waals surface area contributed by atoms with E-state index in [4.69, 9.17) is 11.6 Å². The Hall–Kier alpha value is -2.22. The summed E-state index contributed by atoms with van der Waals surface area (Å²) in [5.41, 5.74) is 1.43. The van der Waals surface area contributed by atoms with Crippen LogP contribution in [0.3, 0.4) is 0 Å². The van der Waals surface area contributed by atoms with E-state index >= 15 is 0 Å². The number of aromatic amines is 1. The quantitative estimate of drug-likeness (QED) is 0.561. The number of nitrogens with one attached hydrogen (secondary N) is 3. The summed E-state index contributed by atoms with van der Waals surface area (Å²) in [4.78, 5) is 33.6. The number of halogens is 1. The lowest BCUT2D eigenvalue weighted by Gasteiger charge is -2.13. The Morgan fingerprint density at radius 2 is 2.11 bits per heavy atom. The van der Waals surface area contributed by atoms with Crippen LogP contribution in [0.4, 0.5) is 0 Å². The van der Waals surface area contributed by atoms with Crippen LogP contribution in [0.15, 0.2) is 34.4 Å². The third-order valence-corrected chi connectivity index (χ3v) is 5.36. The number of amides is 1. The van der Waals surface area contributed by atoms with Gasteiger partial charge in [0.2, 0.25) is 0 Å². The van der Waals surface area contributed by atoms with Gasteiger partial charge in [0.05, 0.1) is 12.4 Å². The third-order valence-electron chi connectivity index (χ3n) is 4.16. The average molecular weight is 406 g/mol. The van der Waals surface area contributed by atoms with Crippen molar-refractivity contribution < 1.29 is 9.69 Å². The van der Waals surface area contributed by atoms with Gasteiger partial charge in [0.1, 0.15) is 11.4 Å². The van der Waals surface area contributed by atoms with E-state index in [1.165, 1.54) is 11.3 Å². The molecule has 0 saturated heterocycles. The van der Waals surface area contributed by atoms with Crippen LogP contribution >= 0.6 is 22.9 Å². The van der Waals surface area contributed by atoms with Crippen LogP contribution in [0.1, 0.15) is 19.2 Å². The Morgan fingerprint density at radius 3 is 2.85 bits per heavy atom. The predicted molar refractivity (Wildman–Crippen MR) is 109 cm³/mol. The smallest absolute Gasteiger partial charge is 0.275 e. The monoisotopic (exact) mass is 405 g/mol. The average Bonchev–Trinajstić information content (AvgIpc) is 3.04. The molecule has 0 radical (unpaired) electrons. The van der Waals surface area contributed by atoms with Crippen molar-refractivity contribution in [1.29, 1.82) is 0 Å². The van der Waals surface area contributed by atoms with Gasteiger partial charge in [0, 0.05) is 28.1 Å². The maximum absolute atomic E-state index is 12.7. The van der Waals surface area contributed by atoms with Gasteiger partial charge in [-0.2, -0.15) is 0 Å². The molecule has 1 atom stereocenters. The minimum Gasteiger partial charge on any atom is -0.351 e. The molecule has 1 aromatic carbocycles. The van der Waals surface area contributed by atoms with Gasteiger partial charge in [-0.05, 0) is 12.5 Å². The maximum atomic E-state index is 12.7. The highest BCUT2D eigenvalue weighted by atomic mass is 35.5. The molecule has 0 saturated carbocycles. The SMILES string of the molecule is CCCNC(=O)C[NH+](C)Cc1nc2scc(-c3ccccc3Cl)c2c(=O)[nH]1. The summed E-state index contributed by atoms with van der Waals surface area (Å²) in [5, 5.41) is 5.91. The molecule has 27 heavy (non-hydrogen) atoms. The Morgan fingerprint density at radius 1 is 1.33 bits per heavy atom. The van der Waals surface area contributed by atoms with Gasteiger partial charge in [-0.25, -0.2) is 4.98 Å². The second-order valence-electron chi connectivity index (χ2n) is 6.48. The van der Waals surface area contributed by atoms with Crippen molar-refractivity contribution in [1.82, 2.24) is 15.3 Å². The lowest BCUT2D eigenvalue weighted by Crippen LogP contribution is -3.09. The molecule has 142 valence electrons. The Labute approximate surface area is 166 Å². The first-order valence-corrected chi connectivity index (χ1v) is 10.1. The fourth-order valence-electron chi connectivity index (χ4n) is 2.90. The summed E-state index contributed by atoms with van der Waals surface area (Å²) in [6.07, 6.45) is 0.905. The number of carbonyl (C=O) groups is 1. The lowest BCUT2D eigenvalue weighted by molar-refractivity contribution is -0.886. The van der Waals surface area contributed by atoms with Crippen molar-refractivity contribution in [3.63, 3.8) is 0 Å². The number of quaternary nitrogens is 1. The molecule has 1 amide bonds. The summed E-state index contributed by atoms with van der Waals surface area (Å²) in [6, 6.07) is 7.45. The van der Waals surface area contributed by atoms with Gasteiger partial charge in [-0.3, -0.25) is 9.59 Å². The number of H-pyrrole nitrogens is 1. The molecule has 2 aromatic heterocycles. The number of fused-ring (bicyclic) bond motifs is 1. The number of benzene rings is 1. The maximum Gasteiger partial charge on any atom is 0.275 e. The standard InChI is InChI=1S/C19H21ClN4O2S/c1-3-8-21-16(25)10-24(2)9-15-22-18(26)17-13(11-27-19(17)23-15)12-6-4-5-7-14(12)20/h4-7,11H,3,8-10H2,1-2H3,(H,21,25)(H,22,23,26)/p+1. The molecule has 0 spiro atoms. The first-order valence-electron chi connectivity index (χ1n) is 8.83. The zero-order valence-electron chi connectivity index (χ0n) is 15.3. The van der Waals surface area contributed by atoms with E-state index in [0.29, 0.717) is 40.7 Å². The van der Waals surface area contributed by atoms with E-state index in [2.05, 4.69) is 15.3 Å². The number of likely N-dealkylation sites (N-methyl/N-ethyl adjacent to an activating group) is 1. The predicted octanol–water partition coefficient (Wildman–Crippen LogP) is 1.85. The number of hydrogen-bond acceptors (Lipinski definition) is 4. The second kappa shape index (κ2) is 8.65. The molecule has 0 aliphatic carbocycles. The molecular weight excluding hydrogens is 384 g/mol. The molecule has 2 heterocycles. The highest BCUT2D eigenvalue weighted by molar-refractivity contribution is 7.17. The molecule has 3 N–H and O–H groups in total. The van der Waals surface area contributed by atoms with Gasteiger partial charge >= 0.3 is 0 Å². The van der Waals surface area contributed by atoms with Crippen LogP contribution in [0.2, 0.25) is 5.02 Å². The first-order chi connectivity index (χ1) is 13.0. The minimum atomic E-state index is -0.186. The summed E-state index contributed by atoms with van der Waals surface area (Å²) in [5.74, 6) is 0.566. The number of nitrogens with zero attached hydrogens (tertiary/aromatic N) is 1. The van der Waals surface area contributed by atoms with Crippen LogP contribution in [0.25, 0.3) is 21.3 Å². The normalized spacial score (nSPS) is 12.3. The summed E-state index contributed by atoms with van der Waals surface area (Å²) >= 11 is 7.70. The number of hydrogen-bond donors (Lipinski definition) is 3. The van der Waals surface area contributed by atoms with E-state index in [-0.39, 0.29) is 11.5 Å². The molecule has 0 bridgehead atoms. The molecule has 1 unspecified atom stereocenters. The third kappa shape index (κ3) is 4.55. The number of thiophene rings is 1. The lowest BCUT2D eigenvalue weighted by atomic mass is 10.1. The van der Waals surface area contributed by atoms with E-state index in [1.807, 2.05) is 37.6 Å². The Kier molecular flexibility index (Phi) is 6.26. The van der Waals surface area contributed by atoms with Crippen LogP contribution < -0.4 is 15.8 Å². The molecule has 0 fully saturated rings. The molecule has 0 aliphatic heterocycles. The van der Waals surface area contributed by atoms with E-state index in [1.54, 1.807) is 6.07 Å². The van der Waals surface area contributed by atoms with Crippen molar-refractivity contribution in [2.24, 2.45) is 0 Å². The van der Waals surface area contributed by atoms with Gasteiger partial charge in [-0.1, -0.05) is 36.7 Å². The molecule has 8 heteroatoms. The van der Waals surface area contributed by atoms with Crippen LogP contribution in [-0.2, 0) is 11.3 Å². The van der Waals surface area contributed by atoms with Gasteiger partial charge in [0.15, 0.2) is 12.4 Å². The van der Waals surface area contributed by atoms with Crippen molar-refractivity contribution in [2.45, 2.75) is 19.9 Å². The number of aromatic nitrogens is 2. The Balaban J connectivity index is 1.83.